The van der Waals surface area contributed by atoms with Gasteiger partial charge in [-0.2, -0.15) is 0 Å². The first-order valence-electron chi connectivity index (χ1n) is 4.24. The van der Waals surface area contributed by atoms with Gasteiger partial charge in [0, 0.05) is 11.8 Å². The Balaban J connectivity index is 3.02. The van der Waals surface area contributed by atoms with Crippen LogP contribution in [-0.2, 0) is 0 Å². The van der Waals surface area contributed by atoms with Crippen molar-refractivity contribution in [3.05, 3.63) is 45.0 Å². The van der Waals surface area contributed by atoms with Crippen molar-refractivity contribution in [3.8, 4) is 0 Å². The molecule has 0 fully saturated rings. The normalized spacial score (nSPS) is 10.8. The van der Waals surface area contributed by atoms with Gasteiger partial charge in [-0.3, -0.25) is 9.20 Å². The van der Waals surface area contributed by atoms with Crippen LogP contribution in [0, 0.1) is 13.8 Å². The Kier molecular flexibility index (Phi) is 2.04. The zero-order valence-electron chi connectivity index (χ0n) is 7.91. The second-order valence-electron chi connectivity index (χ2n) is 3.28. The largest absolute Gasteiger partial charge is 0.269 e. The summed E-state index contributed by atoms with van der Waals surface area (Å²) in [4.78, 5) is 15.7. The number of aryl methyl sites for hydroxylation is 2. The van der Waals surface area contributed by atoms with Crippen LogP contribution in [0.4, 0.5) is 0 Å². The minimum atomic E-state index is -0.141. The Hall–Kier alpha value is -1.35. The van der Waals surface area contributed by atoms with Gasteiger partial charge in [-0.25, -0.2) is 4.98 Å². The molecule has 0 amide bonds. The molecule has 0 aliphatic rings. The van der Waals surface area contributed by atoms with Crippen LogP contribution in [0.15, 0.2) is 23.0 Å². The molecule has 0 saturated carbocycles. The van der Waals surface area contributed by atoms with Gasteiger partial charge in [0.05, 0.1) is 0 Å². The molecule has 0 spiro atoms. The zero-order valence-corrected chi connectivity index (χ0v) is 8.67. The average molecular weight is 209 g/mol. The smallest absolute Gasteiger partial charge is 0.259 e. The van der Waals surface area contributed by atoms with E-state index < -0.39 is 0 Å². The molecule has 14 heavy (non-hydrogen) atoms. The second-order valence-corrected chi connectivity index (χ2v) is 3.67. The molecular formula is C10H9ClN2O. The van der Waals surface area contributed by atoms with Crippen LogP contribution >= 0.6 is 11.6 Å². The summed E-state index contributed by atoms with van der Waals surface area (Å²) < 4.78 is 1.54. The third kappa shape index (κ3) is 1.40. The predicted molar refractivity (Wildman–Crippen MR) is 55.9 cm³/mol. The number of nitrogens with zero attached hydrogens (tertiary/aromatic N) is 2. The molecule has 3 nitrogen and oxygen atoms in total. The van der Waals surface area contributed by atoms with Crippen LogP contribution in [0.1, 0.15) is 11.3 Å². The van der Waals surface area contributed by atoms with Crippen molar-refractivity contribution in [2.75, 3.05) is 0 Å². The maximum Gasteiger partial charge on any atom is 0.259 e. The van der Waals surface area contributed by atoms with E-state index in [1.165, 1.54) is 6.07 Å². The summed E-state index contributed by atoms with van der Waals surface area (Å²) in [7, 11) is 0. The van der Waals surface area contributed by atoms with Gasteiger partial charge in [-0.05, 0) is 31.5 Å². The van der Waals surface area contributed by atoms with Gasteiger partial charge in [0.15, 0.2) is 0 Å². The predicted octanol–water partition coefficient (Wildman–Crippen LogP) is 1.96. The molecule has 0 N–H and O–H groups in total. The fourth-order valence-electron chi connectivity index (χ4n) is 1.56. The van der Waals surface area contributed by atoms with Crippen molar-refractivity contribution in [1.82, 2.24) is 9.38 Å². The van der Waals surface area contributed by atoms with Crippen LogP contribution in [0.5, 0.6) is 0 Å². The van der Waals surface area contributed by atoms with Crippen LogP contribution < -0.4 is 5.56 Å². The first-order chi connectivity index (χ1) is 6.58. The van der Waals surface area contributed by atoms with E-state index in [0.29, 0.717) is 5.65 Å². The Labute approximate surface area is 86.0 Å². The first kappa shape index (κ1) is 9.21. The molecule has 0 aliphatic heterocycles. The summed E-state index contributed by atoms with van der Waals surface area (Å²) in [5.74, 6) is 0. The van der Waals surface area contributed by atoms with Gasteiger partial charge in [0.25, 0.3) is 5.56 Å². The minimum absolute atomic E-state index is 0.141. The minimum Gasteiger partial charge on any atom is -0.269 e. The number of halogens is 1. The highest BCUT2D eigenvalue weighted by atomic mass is 35.5. The van der Waals surface area contributed by atoms with Gasteiger partial charge < -0.3 is 0 Å². The summed E-state index contributed by atoms with van der Waals surface area (Å²) >= 11 is 5.70. The van der Waals surface area contributed by atoms with Crippen molar-refractivity contribution in [3.63, 3.8) is 0 Å². The number of aromatic nitrogens is 2. The highest BCUT2D eigenvalue weighted by Crippen LogP contribution is 2.09. The van der Waals surface area contributed by atoms with E-state index in [4.69, 9.17) is 11.6 Å². The lowest BCUT2D eigenvalue weighted by Crippen LogP contribution is -2.16. The quantitative estimate of drug-likeness (QED) is 0.621. The highest BCUT2D eigenvalue weighted by Gasteiger charge is 2.03. The molecule has 0 saturated heterocycles. The van der Waals surface area contributed by atoms with Crippen LogP contribution in [-0.4, -0.2) is 9.38 Å². The Morgan fingerprint density at radius 3 is 2.71 bits per heavy atom. The molecule has 2 heterocycles. The SMILES string of the molecule is Cc1cc(C)n2c(=O)cc(Cl)nc2c1. The Morgan fingerprint density at radius 2 is 2.00 bits per heavy atom. The van der Waals surface area contributed by atoms with Crippen LogP contribution in [0.3, 0.4) is 0 Å². The van der Waals surface area contributed by atoms with E-state index in [1.54, 1.807) is 4.40 Å². The van der Waals surface area contributed by atoms with Crippen molar-refractivity contribution in [2.45, 2.75) is 13.8 Å². The fraction of sp³-hybridized carbons (Fsp3) is 0.200. The Bertz CT molecular complexity index is 555. The van der Waals surface area contributed by atoms with Crippen LogP contribution in [0.2, 0.25) is 5.15 Å². The number of rotatable bonds is 0. The lowest BCUT2D eigenvalue weighted by atomic mass is 10.2. The molecule has 4 heteroatoms. The molecule has 2 aromatic rings. The lowest BCUT2D eigenvalue weighted by Gasteiger charge is -2.05. The molecule has 0 unspecified atom stereocenters. The number of fused-ring (bicyclic) bond motifs is 1. The zero-order chi connectivity index (χ0) is 10.3. The standard InChI is InChI=1S/C10H9ClN2O/c1-6-3-7(2)13-9(4-6)12-8(11)5-10(13)14/h3-5H,1-2H3. The van der Waals surface area contributed by atoms with Crippen molar-refractivity contribution >= 4 is 17.2 Å². The molecule has 0 aliphatic carbocycles. The van der Waals surface area contributed by atoms with Crippen LogP contribution in [0.25, 0.3) is 5.65 Å². The van der Waals surface area contributed by atoms with Crippen molar-refractivity contribution in [2.24, 2.45) is 0 Å². The van der Waals surface area contributed by atoms with Gasteiger partial charge in [-0.1, -0.05) is 11.6 Å². The lowest BCUT2D eigenvalue weighted by molar-refractivity contribution is 0.984. The third-order valence-corrected chi connectivity index (χ3v) is 2.25. The topological polar surface area (TPSA) is 34.4 Å². The summed E-state index contributed by atoms with van der Waals surface area (Å²) in [6.45, 7) is 3.83. The van der Waals surface area contributed by atoms with Gasteiger partial charge in [0.2, 0.25) is 0 Å². The molecule has 0 atom stereocenters. The highest BCUT2D eigenvalue weighted by molar-refractivity contribution is 6.29. The molecule has 0 bridgehead atoms. The van der Waals surface area contributed by atoms with E-state index in [1.807, 2.05) is 26.0 Å². The number of hydrogen-bond donors (Lipinski definition) is 0. The fourth-order valence-corrected chi connectivity index (χ4v) is 1.74. The summed E-state index contributed by atoms with van der Waals surface area (Å²) in [6, 6.07) is 5.08. The van der Waals surface area contributed by atoms with E-state index in [2.05, 4.69) is 4.98 Å². The number of hydrogen-bond acceptors (Lipinski definition) is 2. The van der Waals surface area contributed by atoms with Gasteiger partial charge >= 0.3 is 0 Å². The monoisotopic (exact) mass is 208 g/mol. The molecule has 72 valence electrons. The number of pyridine rings is 1. The maximum atomic E-state index is 11.6. The van der Waals surface area contributed by atoms with E-state index in [9.17, 15) is 4.79 Å². The Morgan fingerprint density at radius 1 is 1.29 bits per heavy atom. The molecular weight excluding hydrogens is 200 g/mol. The molecule has 2 aromatic heterocycles. The molecule has 0 radical (unpaired) electrons. The van der Waals surface area contributed by atoms with E-state index >= 15 is 0 Å². The van der Waals surface area contributed by atoms with Gasteiger partial charge in [-0.15, -0.1) is 0 Å². The molecule has 2 rings (SSSR count). The molecule has 0 aromatic carbocycles. The summed E-state index contributed by atoms with van der Waals surface area (Å²) in [6.07, 6.45) is 0. The van der Waals surface area contributed by atoms with Crippen molar-refractivity contribution in [1.29, 1.82) is 0 Å². The van der Waals surface area contributed by atoms with Gasteiger partial charge in [0.1, 0.15) is 10.8 Å². The van der Waals surface area contributed by atoms with E-state index in [-0.39, 0.29) is 10.7 Å². The van der Waals surface area contributed by atoms with E-state index in [0.717, 1.165) is 11.3 Å². The summed E-state index contributed by atoms with van der Waals surface area (Å²) in [5, 5.41) is 0.236. The average Bonchev–Trinajstić information content (AvgIpc) is 1.99. The third-order valence-electron chi connectivity index (χ3n) is 2.06. The van der Waals surface area contributed by atoms with Crippen molar-refractivity contribution < 1.29 is 0 Å². The maximum absolute atomic E-state index is 11.6. The first-order valence-corrected chi connectivity index (χ1v) is 4.62. The second kappa shape index (κ2) is 3.10. The summed E-state index contributed by atoms with van der Waals surface area (Å²) in [5.41, 5.74) is 2.39.